The van der Waals surface area contributed by atoms with E-state index in [9.17, 15) is 4.79 Å². The molecule has 3 heterocycles. The van der Waals surface area contributed by atoms with E-state index in [0.29, 0.717) is 13.2 Å². The number of thiophene rings is 1. The Bertz CT molecular complexity index is 944. The summed E-state index contributed by atoms with van der Waals surface area (Å²) in [5.74, 6) is 0.840. The van der Waals surface area contributed by atoms with Gasteiger partial charge in [0, 0.05) is 31.1 Å². The Morgan fingerprint density at radius 1 is 1.14 bits per heavy atom. The molecule has 0 amide bonds. The zero-order valence-electron chi connectivity index (χ0n) is 16.0. The average molecular weight is 397 g/mol. The minimum absolute atomic E-state index is 0.147. The highest BCUT2D eigenvalue weighted by Crippen LogP contribution is 2.36. The maximum atomic E-state index is 11.8. The summed E-state index contributed by atoms with van der Waals surface area (Å²) in [5.41, 5.74) is 1.20. The number of esters is 1. The standard InChI is InChI=1S/C21H24N4O2S/c1-2-27-19(26)14-24-9-6-10-25(12-11-24)20-17-13-18(16-7-4-3-5-8-16)28-21(17)23-15-22-20/h3-5,7-8,13,15H,2,6,9-12,14H2,1H3. The molecule has 6 nitrogen and oxygen atoms in total. The lowest BCUT2D eigenvalue weighted by atomic mass is 10.2. The second kappa shape index (κ2) is 8.67. The Morgan fingerprint density at radius 3 is 2.82 bits per heavy atom. The Morgan fingerprint density at radius 2 is 2.00 bits per heavy atom. The Hall–Kier alpha value is -2.51. The van der Waals surface area contributed by atoms with Crippen LogP contribution in [0.1, 0.15) is 13.3 Å². The summed E-state index contributed by atoms with van der Waals surface area (Å²) < 4.78 is 5.09. The maximum absolute atomic E-state index is 11.8. The summed E-state index contributed by atoms with van der Waals surface area (Å²) in [6.45, 7) is 6.09. The summed E-state index contributed by atoms with van der Waals surface area (Å²) in [7, 11) is 0. The highest BCUT2D eigenvalue weighted by molar-refractivity contribution is 7.21. The number of ether oxygens (including phenoxy) is 1. The maximum Gasteiger partial charge on any atom is 0.320 e. The molecule has 0 spiro atoms. The third kappa shape index (κ3) is 4.15. The van der Waals surface area contributed by atoms with Gasteiger partial charge in [-0.25, -0.2) is 9.97 Å². The molecule has 1 aromatic carbocycles. The SMILES string of the molecule is CCOC(=O)CN1CCCN(c2ncnc3sc(-c4ccccc4)cc23)CC1. The zero-order valence-corrected chi connectivity index (χ0v) is 16.8. The molecule has 1 aliphatic rings. The van der Waals surface area contributed by atoms with Gasteiger partial charge in [-0.2, -0.15) is 0 Å². The van der Waals surface area contributed by atoms with E-state index in [1.807, 2.05) is 13.0 Å². The van der Waals surface area contributed by atoms with E-state index in [0.717, 1.165) is 48.6 Å². The first-order chi connectivity index (χ1) is 13.7. The fraction of sp³-hybridized carbons (Fsp3) is 0.381. The Kier molecular flexibility index (Phi) is 5.83. The summed E-state index contributed by atoms with van der Waals surface area (Å²) in [4.78, 5) is 27.6. The van der Waals surface area contributed by atoms with Crippen molar-refractivity contribution in [1.29, 1.82) is 0 Å². The van der Waals surface area contributed by atoms with Crippen molar-refractivity contribution >= 4 is 33.3 Å². The van der Waals surface area contributed by atoms with Gasteiger partial charge in [-0.3, -0.25) is 9.69 Å². The van der Waals surface area contributed by atoms with E-state index in [2.05, 4.69) is 50.1 Å². The highest BCUT2D eigenvalue weighted by Gasteiger charge is 2.21. The number of carbonyl (C=O) groups excluding carboxylic acids is 1. The van der Waals surface area contributed by atoms with Crippen molar-refractivity contribution in [2.24, 2.45) is 0 Å². The van der Waals surface area contributed by atoms with Crippen molar-refractivity contribution in [1.82, 2.24) is 14.9 Å². The molecule has 7 heteroatoms. The Balaban J connectivity index is 1.54. The molecule has 0 saturated carbocycles. The lowest BCUT2D eigenvalue weighted by molar-refractivity contribution is -0.144. The normalized spacial score (nSPS) is 15.5. The van der Waals surface area contributed by atoms with Crippen LogP contribution in [0.2, 0.25) is 0 Å². The Labute approximate surface area is 168 Å². The minimum atomic E-state index is -0.147. The lowest BCUT2D eigenvalue weighted by Crippen LogP contribution is -2.35. The average Bonchev–Trinajstić information content (AvgIpc) is 3.03. The largest absolute Gasteiger partial charge is 0.465 e. The lowest BCUT2D eigenvalue weighted by Gasteiger charge is -2.22. The predicted octanol–water partition coefficient (Wildman–Crippen LogP) is 3.43. The first-order valence-corrected chi connectivity index (χ1v) is 10.5. The van der Waals surface area contributed by atoms with Crippen LogP contribution in [0.25, 0.3) is 20.7 Å². The molecule has 0 aliphatic carbocycles. The molecule has 1 aliphatic heterocycles. The van der Waals surface area contributed by atoms with Gasteiger partial charge in [0.05, 0.1) is 18.5 Å². The molecular formula is C21H24N4O2S. The fourth-order valence-corrected chi connectivity index (χ4v) is 4.57. The first-order valence-electron chi connectivity index (χ1n) is 9.67. The van der Waals surface area contributed by atoms with Crippen LogP contribution in [-0.2, 0) is 9.53 Å². The number of carbonyl (C=O) groups is 1. The van der Waals surface area contributed by atoms with Gasteiger partial charge in [-0.05, 0) is 25.0 Å². The fourth-order valence-electron chi connectivity index (χ4n) is 3.57. The number of rotatable bonds is 5. The van der Waals surface area contributed by atoms with E-state index < -0.39 is 0 Å². The van der Waals surface area contributed by atoms with E-state index in [-0.39, 0.29) is 5.97 Å². The van der Waals surface area contributed by atoms with Crippen molar-refractivity contribution in [2.45, 2.75) is 13.3 Å². The quantitative estimate of drug-likeness (QED) is 0.616. The molecule has 28 heavy (non-hydrogen) atoms. The van der Waals surface area contributed by atoms with Crippen LogP contribution in [0, 0.1) is 0 Å². The van der Waals surface area contributed by atoms with Crippen LogP contribution in [0.5, 0.6) is 0 Å². The molecule has 0 N–H and O–H groups in total. The first kappa shape index (κ1) is 18.8. The summed E-state index contributed by atoms with van der Waals surface area (Å²) >= 11 is 1.70. The van der Waals surface area contributed by atoms with Crippen LogP contribution in [-0.4, -0.2) is 60.2 Å². The number of anilines is 1. The van der Waals surface area contributed by atoms with Crippen molar-refractivity contribution in [2.75, 3.05) is 44.2 Å². The molecule has 4 rings (SSSR count). The van der Waals surface area contributed by atoms with Crippen LogP contribution in [0.3, 0.4) is 0 Å². The molecular weight excluding hydrogens is 372 g/mol. The van der Waals surface area contributed by atoms with Crippen molar-refractivity contribution in [3.63, 3.8) is 0 Å². The van der Waals surface area contributed by atoms with Crippen LogP contribution in [0.15, 0.2) is 42.7 Å². The van der Waals surface area contributed by atoms with Gasteiger partial charge in [0.25, 0.3) is 0 Å². The van der Waals surface area contributed by atoms with Crippen LogP contribution in [0.4, 0.5) is 5.82 Å². The highest BCUT2D eigenvalue weighted by atomic mass is 32.1. The molecule has 0 unspecified atom stereocenters. The number of hydrogen-bond acceptors (Lipinski definition) is 7. The molecule has 3 aromatic rings. The van der Waals surface area contributed by atoms with Gasteiger partial charge >= 0.3 is 5.97 Å². The topological polar surface area (TPSA) is 58.6 Å². The van der Waals surface area contributed by atoms with Crippen LogP contribution >= 0.6 is 11.3 Å². The smallest absolute Gasteiger partial charge is 0.320 e. The molecule has 0 radical (unpaired) electrons. The van der Waals surface area contributed by atoms with Gasteiger partial charge in [-0.1, -0.05) is 30.3 Å². The third-order valence-electron chi connectivity index (χ3n) is 4.91. The number of hydrogen-bond donors (Lipinski definition) is 0. The molecule has 1 saturated heterocycles. The minimum Gasteiger partial charge on any atom is -0.465 e. The number of benzene rings is 1. The van der Waals surface area contributed by atoms with Gasteiger partial charge < -0.3 is 9.64 Å². The molecule has 146 valence electrons. The third-order valence-corrected chi connectivity index (χ3v) is 6.00. The van der Waals surface area contributed by atoms with Gasteiger partial charge in [0.1, 0.15) is 17.0 Å². The van der Waals surface area contributed by atoms with Crippen molar-refractivity contribution in [3.8, 4) is 10.4 Å². The van der Waals surface area contributed by atoms with E-state index >= 15 is 0 Å². The van der Waals surface area contributed by atoms with E-state index in [1.165, 1.54) is 10.4 Å². The van der Waals surface area contributed by atoms with Crippen LogP contribution < -0.4 is 4.90 Å². The molecule has 0 bridgehead atoms. The summed E-state index contributed by atoms with van der Waals surface area (Å²) in [5, 5.41) is 1.10. The summed E-state index contributed by atoms with van der Waals surface area (Å²) in [6, 6.07) is 12.6. The second-order valence-corrected chi connectivity index (χ2v) is 7.85. The zero-order chi connectivity index (χ0) is 19.3. The van der Waals surface area contributed by atoms with E-state index in [4.69, 9.17) is 4.74 Å². The van der Waals surface area contributed by atoms with Crippen molar-refractivity contribution in [3.05, 3.63) is 42.7 Å². The monoisotopic (exact) mass is 396 g/mol. The van der Waals surface area contributed by atoms with E-state index in [1.54, 1.807) is 17.7 Å². The van der Waals surface area contributed by atoms with Crippen molar-refractivity contribution < 1.29 is 9.53 Å². The van der Waals surface area contributed by atoms with Gasteiger partial charge in [0.2, 0.25) is 0 Å². The molecule has 0 atom stereocenters. The molecule has 2 aromatic heterocycles. The van der Waals surface area contributed by atoms with Gasteiger partial charge in [-0.15, -0.1) is 11.3 Å². The number of nitrogens with zero attached hydrogens (tertiary/aromatic N) is 4. The number of aromatic nitrogens is 2. The second-order valence-electron chi connectivity index (χ2n) is 6.81. The summed E-state index contributed by atoms with van der Waals surface area (Å²) in [6.07, 6.45) is 2.64. The predicted molar refractivity (Wildman–Crippen MR) is 113 cm³/mol. The molecule has 1 fully saturated rings. The van der Waals surface area contributed by atoms with Gasteiger partial charge in [0.15, 0.2) is 0 Å². The number of fused-ring (bicyclic) bond motifs is 1.